The Bertz CT molecular complexity index is 1100. The van der Waals surface area contributed by atoms with E-state index in [1.807, 2.05) is 6.07 Å². The van der Waals surface area contributed by atoms with E-state index >= 15 is 0 Å². The normalized spacial score (nSPS) is 15.8. The van der Waals surface area contributed by atoms with Gasteiger partial charge in [-0.25, -0.2) is 0 Å². The zero-order valence-electron chi connectivity index (χ0n) is 17.2. The molecule has 2 N–H and O–H groups in total. The molecule has 30 heavy (non-hydrogen) atoms. The molecular formula is C27H28N2O. The number of aromatic nitrogens is 1. The zero-order valence-corrected chi connectivity index (χ0v) is 17.2. The summed E-state index contributed by atoms with van der Waals surface area (Å²) in [5, 5.41) is 5.09. The van der Waals surface area contributed by atoms with Gasteiger partial charge in [-0.2, -0.15) is 0 Å². The van der Waals surface area contributed by atoms with Gasteiger partial charge in [-0.05, 0) is 67.1 Å². The molecule has 1 aliphatic rings. The average Bonchev–Trinajstić information content (AvgIpc) is 3.16. The van der Waals surface area contributed by atoms with Crippen molar-refractivity contribution in [3.8, 4) is 5.75 Å². The third-order valence-electron chi connectivity index (χ3n) is 6.10. The summed E-state index contributed by atoms with van der Waals surface area (Å²) >= 11 is 0. The number of benzene rings is 3. The SMILES string of the molecule is c1ccc(CCNC2CCc3[nH]c4ccc(OCc5ccccc5)cc4c3C2)cc1. The molecule has 0 amide bonds. The third-order valence-corrected chi connectivity index (χ3v) is 6.10. The van der Waals surface area contributed by atoms with Crippen molar-refractivity contribution in [3.05, 3.63) is 101 Å². The van der Waals surface area contributed by atoms with E-state index in [1.165, 1.54) is 39.7 Å². The average molecular weight is 397 g/mol. The van der Waals surface area contributed by atoms with Crippen LogP contribution in [0.3, 0.4) is 0 Å². The summed E-state index contributed by atoms with van der Waals surface area (Å²) in [6.45, 7) is 1.63. The second-order valence-electron chi connectivity index (χ2n) is 8.19. The molecule has 0 radical (unpaired) electrons. The molecule has 1 atom stereocenters. The molecule has 0 spiro atoms. The Morgan fingerprint density at radius 3 is 2.47 bits per heavy atom. The monoisotopic (exact) mass is 396 g/mol. The van der Waals surface area contributed by atoms with E-state index in [1.54, 1.807) is 0 Å². The smallest absolute Gasteiger partial charge is 0.120 e. The van der Waals surface area contributed by atoms with Crippen molar-refractivity contribution in [2.24, 2.45) is 0 Å². The van der Waals surface area contributed by atoms with E-state index in [0.717, 1.165) is 31.6 Å². The van der Waals surface area contributed by atoms with Crippen molar-refractivity contribution in [2.45, 2.75) is 38.3 Å². The fraction of sp³-hybridized carbons (Fsp3) is 0.259. The zero-order chi connectivity index (χ0) is 20.2. The summed E-state index contributed by atoms with van der Waals surface area (Å²) in [6, 6.07) is 28.0. The topological polar surface area (TPSA) is 37.0 Å². The lowest BCUT2D eigenvalue weighted by molar-refractivity contribution is 0.306. The number of nitrogens with one attached hydrogen (secondary N) is 2. The molecule has 0 fully saturated rings. The highest BCUT2D eigenvalue weighted by Gasteiger charge is 2.22. The number of hydrogen-bond donors (Lipinski definition) is 2. The van der Waals surface area contributed by atoms with Gasteiger partial charge in [-0.3, -0.25) is 0 Å². The summed E-state index contributed by atoms with van der Waals surface area (Å²) in [7, 11) is 0. The largest absolute Gasteiger partial charge is 0.489 e. The fourth-order valence-electron chi connectivity index (χ4n) is 4.47. The molecule has 1 aromatic heterocycles. The van der Waals surface area contributed by atoms with Crippen LogP contribution in [-0.4, -0.2) is 17.6 Å². The molecule has 3 heteroatoms. The van der Waals surface area contributed by atoms with Crippen LogP contribution in [0.1, 0.15) is 28.8 Å². The predicted octanol–water partition coefficient (Wildman–Crippen LogP) is 5.44. The van der Waals surface area contributed by atoms with Crippen LogP contribution >= 0.6 is 0 Å². The number of ether oxygens (including phenoxy) is 1. The maximum Gasteiger partial charge on any atom is 0.120 e. The van der Waals surface area contributed by atoms with Gasteiger partial charge in [0.05, 0.1) is 0 Å². The molecule has 1 unspecified atom stereocenters. The minimum absolute atomic E-state index is 0.536. The molecule has 5 rings (SSSR count). The molecular weight excluding hydrogens is 368 g/mol. The van der Waals surface area contributed by atoms with Crippen molar-refractivity contribution >= 4 is 10.9 Å². The lowest BCUT2D eigenvalue weighted by Crippen LogP contribution is -2.35. The number of hydrogen-bond acceptors (Lipinski definition) is 2. The summed E-state index contributed by atoms with van der Waals surface area (Å²) in [4.78, 5) is 3.64. The number of aryl methyl sites for hydroxylation is 1. The highest BCUT2D eigenvalue weighted by atomic mass is 16.5. The number of fused-ring (bicyclic) bond motifs is 3. The maximum absolute atomic E-state index is 6.07. The number of aromatic amines is 1. The van der Waals surface area contributed by atoms with Crippen LogP contribution in [0.15, 0.2) is 78.9 Å². The number of rotatable bonds is 7. The first-order chi connectivity index (χ1) is 14.8. The van der Waals surface area contributed by atoms with Gasteiger partial charge in [0.2, 0.25) is 0 Å². The first-order valence-corrected chi connectivity index (χ1v) is 10.9. The minimum atomic E-state index is 0.536. The standard InChI is InChI=1S/C27H28N2O/c1-3-7-20(8-4-1)15-16-28-22-11-13-26-24(17-22)25-18-23(12-14-27(25)29-26)30-19-21-9-5-2-6-10-21/h1-10,12,14,18,22,28-29H,11,13,15-17,19H2. The van der Waals surface area contributed by atoms with Gasteiger partial charge in [0.1, 0.15) is 12.4 Å². The van der Waals surface area contributed by atoms with Crippen LogP contribution in [0.2, 0.25) is 0 Å². The summed E-state index contributed by atoms with van der Waals surface area (Å²) in [6.07, 6.45) is 4.45. The Kier molecular flexibility index (Phi) is 5.54. The highest BCUT2D eigenvalue weighted by Crippen LogP contribution is 2.32. The molecule has 1 heterocycles. The quantitative estimate of drug-likeness (QED) is 0.437. The van der Waals surface area contributed by atoms with Gasteiger partial charge in [0.15, 0.2) is 0 Å². The Hall–Kier alpha value is -3.04. The second kappa shape index (κ2) is 8.76. The molecule has 3 aromatic carbocycles. The van der Waals surface area contributed by atoms with Crippen molar-refractivity contribution in [3.63, 3.8) is 0 Å². The van der Waals surface area contributed by atoms with Crippen LogP contribution in [0, 0.1) is 0 Å². The Labute approximate surface area is 178 Å². The molecule has 0 saturated heterocycles. The molecule has 0 saturated carbocycles. The van der Waals surface area contributed by atoms with Crippen LogP contribution in [0.5, 0.6) is 5.75 Å². The van der Waals surface area contributed by atoms with E-state index in [4.69, 9.17) is 4.74 Å². The van der Waals surface area contributed by atoms with E-state index in [9.17, 15) is 0 Å². The van der Waals surface area contributed by atoms with E-state index in [0.29, 0.717) is 12.6 Å². The lowest BCUT2D eigenvalue weighted by Gasteiger charge is -2.24. The fourth-order valence-corrected chi connectivity index (χ4v) is 4.47. The highest BCUT2D eigenvalue weighted by molar-refractivity contribution is 5.86. The first kappa shape index (κ1) is 19.0. The molecule has 3 nitrogen and oxygen atoms in total. The summed E-state index contributed by atoms with van der Waals surface area (Å²) < 4.78 is 6.07. The van der Waals surface area contributed by atoms with Gasteiger partial charge >= 0.3 is 0 Å². The van der Waals surface area contributed by atoms with Crippen LogP contribution < -0.4 is 10.1 Å². The Morgan fingerprint density at radius 1 is 0.900 bits per heavy atom. The van der Waals surface area contributed by atoms with E-state index < -0.39 is 0 Å². The maximum atomic E-state index is 6.07. The van der Waals surface area contributed by atoms with Crippen LogP contribution in [-0.2, 0) is 25.9 Å². The minimum Gasteiger partial charge on any atom is -0.489 e. The number of H-pyrrole nitrogens is 1. The summed E-state index contributed by atoms with van der Waals surface area (Å²) in [5.41, 5.74) is 6.66. The van der Waals surface area contributed by atoms with E-state index in [2.05, 4.69) is 83.1 Å². The molecule has 152 valence electrons. The molecule has 0 bridgehead atoms. The molecule has 4 aromatic rings. The predicted molar refractivity (Wildman–Crippen MR) is 123 cm³/mol. The van der Waals surface area contributed by atoms with Crippen LogP contribution in [0.4, 0.5) is 0 Å². The van der Waals surface area contributed by atoms with Gasteiger partial charge in [0.25, 0.3) is 0 Å². The van der Waals surface area contributed by atoms with Crippen molar-refractivity contribution < 1.29 is 4.74 Å². The lowest BCUT2D eigenvalue weighted by atomic mass is 9.91. The van der Waals surface area contributed by atoms with Gasteiger partial charge in [0, 0.05) is 22.6 Å². The second-order valence-corrected chi connectivity index (χ2v) is 8.19. The van der Waals surface area contributed by atoms with Gasteiger partial charge in [-0.1, -0.05) is 60.7 Å². The van der Waals surface area contributed by atoms with Gasteiger partial charge in [-0.15, -0.1) is 0 Å². The molecule has 1 aliphatic carbocycles. The van der Waals surface area contributed by atoms with Gasteiger partial charge < -0.3 is 15.0 Å². The van der Waals surface area contributed by atoms with E-state index in [-0.39, 0.29) is 0 Å². The van der Waals surface area contributed by atoms with Crippen molar-refractivity contribution in [1.29, 1.82) is 0 Å². The molecule has 0 aliphatic heterocycles. The first-order valence-electron chi connectivity index (χ1n) is 10.9. The third kappa shape index (κ3) is 4.27. The van der Waals surface area contributed by atoms with Crippen LogP contribution in [0.25, 0.3) is 10.9 Å². The summed E-state index contributed by atoms with van der Waals surface area (Å²) in [5.74, 6) is 0.937. The Balaban J connectivity index is 1.25. The van der Waals surface area contributed by atoms with Crippen molar-refractivity contribution in [1.82, 2.24) is 10.3 Å². The Morgan fingerprint density at radius 2 is 1.67 bits per heavy atom. The van der Waals surface area contributed by atoms with Crippen molar-refractivity contribution in [2.75, 3.05) is 6.54 Å².